The molecule has 0 radical (unpaired) electrons. The standard InChI is InChI=1S/C15H24N2O2S/c1-4-17(11-15(2,3)18)9-10-19-13-7-5-12(6-8-13)14(16)20/h5-8,18H,4,9-11H2,1-3H3,(H2,16,20). The van der Waals surface area contributed by atoms with Crippen LogP contribution in [-0.2, 0) is 0 Å². The van der Waals surface area contributed by atoms with Gasteiger partial charge in [0.25, 0.3) is 0 Å². The second-order valence-corrected chi connectivity index (χ2v) is 5.86. The van der Waals surface area contributed by atoms with E-state index < -0.39 is 5.60 Å². The van der Waals surface area contributed by atoms with Crippen LogP contribution in [0, 0.1) is 0 Å². The van der Waals surface area contributed by atoms with E-state index in [1.54, 1.807) is 0 Å². The number of thiocarbonyl (C=S) groups is 1. The Kier molecular flexibility index (Phi) is 6.39. The first-order valence-electron chi connectivity index (χ1n) is 6.79. The van der Waals surface area contributed by atoms with Crippen molar-refractivity contribution in [2.45, 2.75) is 26.4 Å². The summed E-state index contributed by atoms with van der Waals surface area (Å²) in [6.07, 6.45) is 0. The molecule has 112 valence electrons. The summed E-state index contributed by atoms with van der Waals surface area (Å²) in [5.74, 6) is 0.796. The molecule has 1 aromatic rings. The maximum atomic E-state index is 9.81. The van der Waals surface area contributed by atoms with E-state index in [2.05, 4.69) is 11.8 Å². The summed E-state index contributed by atoms with van der Waals surface area (Å²) in [5, 5.41) is 9.81. The summed E-state index contributed by atoms with van der Waals surface area (Å²) in [6.45, 7) is 8.56. The Bertz CT molecular complexity index is 426. The fourth-order valence-electron chi connectivity index (χ4n) is 1.90. The van der Waals surface area contributed by atoms with Crippen molar-refractivity contribution >= 4 is 17.2 Å². The minimum Gasteiger partial charge on any atom is -0.492 e. The van der Waals surface area contributed by atoms with Gasteiger partial charge < -0.3 is 15.6 Å². The van der Waals surface area contributed by atoms with Crippen molar-refractivity contribution in [3.8, 4) is 5.75 Å². The van der Waals surface area contributed by atoms with Gasteiger partial charge in [-0.3, -0.25) is 4.90 Å². The molecular weight excluding hydrogens is 272 g/mol. The first kappa shape index (κ1) is 16.9. The highest BCUT2D eigenvalue weighted by molar-refractivity contribution is 7.80. The summed E-state index contributed by atoms with van der Waals surface area (Å²) in [6, 6.07) is 7.43. The van der Waals surface area contributed by atoms with Crippen molar-refractivity contribution in [3.63, 3.8) is 0 Å². The normalized spacial score (nSPS) is 11.7. The second kappa shape index (κ2) is 7.57. The molecule has 0 aliphatic carbocycles. The fourth-order valence-corrected chi connectivity index (χ4v) is 2.04. The number of ether oxygens (including phenoxy) is 1. The van der Waals surface area contributed by atoms with Crippen LogP contribution in [0.2, 0.25) is 0 Å². The van der Waals surface area contributed by atoms with Gasteiger partial charge in [0, 0.05) is 18.7 Å². The lowest BCUT2D eigenvalue weighted by Crippen LogP contribution is -2.40. The number of nitrogens with zero attached hydrogens (tertiary/aromatic N) is 1. The Morgan fingerprint density at radius 1 is 1.35 bits per heavy atom. The average Bonchev–Trinajstić information content (AvgIpc) is 2.36. The molecule has 0 amide bonds. The molecule has 3 N–H and O–H groups in total. The van der Waals surface area contributed by atoms with Crippen LogP contribution in [0.5, 0.6) is 5.75 Å². The average molecular weight is 296 g/mol. The van der Waals surface area contributed by atoms with Gasteiger partial charge in [-0.2, -0.15) is 0 Å². The molecule has 1 aromatic carbocycles. The molecule has 0 aromatic heterocycles. The Morgan fingerprint density at radius 3 is 2.40 bits per heavy atom. The van der Waals surface area contributed by atoms with Crippen molar-refractivity contribution in [2.75, 3.05) is 26.2 Å². The third-order valence-electron chi connectivity index (χ3n) is 2.87. The zero-order valence-corrected chi connectivity index (χ0v) is 13.2. The van der Waals surface area contributed by atoms with Gasteiger partial charge in [-0.15, -0.1) is 0 Å². The van der Waals surface area contributed by atoms with Gasteiger partial charge in [0.2, 0.25) is 0 Å². The maximum Gasteiger partial charge on any atom is 0.119 e. The molecule has 0 aliphatic heterocycles. The van der Waals surface area contributed by atoms with Crippen molar-refractivity contribution in [1.29, 1.82) is 0 Å². The summed E-state index contributed by atoms with van der Waals surface area (Å²) in [4.78, 5) is 2.54. The Balaban J connectivity index is 2.41. The van der Waals surface area contributed by atoms with Crippen LogP contribution in [0.1, 0.15) is 26.3 Å². The summed E-state index contributed by atoms with van der Waals surface area (Å²) in [7, 11) is 0. The van der Waals surface area contributed by atoms with E-state index in [0.717, 1.165) is 24.4 Å². The largest absolute Gasteiger partial charge is 0.492 e. The molecule has 0 unspecified atom stereocenters. The molecule has 4 nitrogen and oxygen atoms in total. The van der Waals surface area contributed by atoms with Crippen molar-refractivity contribution in [2.24, 2.45) is 5.73 Å². The van der Waals surface area contributed by atoms with Crippen LogP contribution in [0.3, 0.4) is 0 Å². The van der Waals surface area contributed by atoms with E-state index in [-0.39, 0.29) is 0 Å². The third kappa shape index (κ3) is 6.32. The second-order valence-electron chi connectivity index (χ2n) is 5.42. The van der Waals surface area contributed by atoms with Crippen LogP contribution in [0.25, 0.3) is 0 Å². The van der Waals surface area contributed by atoms with Gasteiger partial charge in [-0.1, -0.05) is 19.1 Å². The molecular formula is C15H24N2O2S. The van der Waals surface area contributed by atoms with E-state index in [0.29, 0.717) is 18.1 Å². The molecule has 0 saturated carbocycles. The summed E-state index contributed by atoms with van der Waals surface area (Å²) < 4.78 is 5.68. The van der Waals surface area contributed by atoms with Crippen LogP contribution in [0.15, 0.2) is 24.3 Å². The number of benzene rings is 1. The molecule has 1 rings (SSSR count). The SMILES string of the molecule is CCN(CCOc1ccc(C(N)=S)cc1)CC(C)(C)O. The monoisotopic (exact) mass is 296 g/mol. The molecule has 0 fully saturated rings. The Labute approximate surface area is 126 Å². The smallest absolute Gasteiger partial charge is 0.119 e. The molecule has 0 atom stereocenters. The van der Waals surface area contributed by atoms with Gasteiger partial charge >= 0.3 is 0 Å². The number of rotatable bonds is 8. The maximum absolute atomic E-state index is 9.81. The van der Waals surface area contributed by atoms with Gasteiger partial charge in [0.1, 0.15) is 17.3 Å². The Hall–Kier alpha value is -1.17. The minimum atomic E-state index is -0.686. The number of likely N-dealkylation sites (N-methyl/N-ethyl adjacent to an activating group) is 1. The Morgan fingerprint density at radius 2 is 1.95 bits per heavy atom. The highest BCUT2D eigenvalue weighted by Gasteiger charge is 2.16. The summed E-state index contributed by atoms with van der Waals surface area (Å²) in [5.41, 5.74) is 5.69. The predicted octanol–water partition coefficient (Wildman–Crippen LogP) is 1.79. The number of hydrogen-bond acceptors (Lipinski definition) is 4. The quantitative estimate of drug-likeness (QED) is 0.716. The van der Waals surface area contributed by atoms with Crippen LogP contribution in [0.4, 0.5) is 0 Å². The fraction of sp³-hybridized carbons (Fsp3) is 0.533. The first-order valence-corrected chi connectivity index (χ1v) is 7.20. The molecule has 0 aliphatic rings. The highest BCUT2D eigenvalue weighted by Crippen LogP contribution is 2.12. The molecule has 0 bridgehead atoms. The van der Waals surface area contributed by atoms with Crippen LogP contribution >= 0.6 is 12.2 Å². The van der Waals surface area contributed by atoms with E-state index >= 15 is 0 Å². The van der Waals surface area contributed by atoms with Crippen LogP contribution < -0.4 is 10.5 Å². The van der Waals surface area contributed by atoms with Crippen LogP contribution in [-0.4, -0.2) is 46.8 Å². The lowest BCUT2D eigenvalue weighted by Gasteiger charge is -2.27. The van der Waals surface area contributed by atoms with Gasteiger partial charge in [0.05, 0.1) is 5.60 Å². The lowest BCUT2D eigenvalue weighted by atomic mass is 10.1. The van der Waals surface area contributed by atoms with Crippen molar-refractivity contribution in [3.05, 3.63) is 29.8 Å². The van der Waals surface area contributed by atoms with Crippen molar-refractivity contribution in [1.82, 2.24) is 4.90 Å². The van der Waals surface area contributed by atoms with Gasteiger partial charge in [0.15, 0.2) is 0 Å². The van der Waals surface area contributed by atoms with E-state index in [1.807, 2.05) is 38.1 Å². The molecule has 5 heteroatoms. The lowest BCUT2D eigenvalue weighted by molar-refractivity contribution is 0.0340. The van der Waals surface area contributed by atoms with E-state index in [4.69, 9.17) is 22.7 Å². The zero-order chi connectivity index (χ0) is 15.2. The van der Waals surface area contributed by atoms with Crippen molar-refractivity contribution < 1.29 is 9.84 Å². The molecule has 0 spiro atoms. The predicted molar refractivity (Wildman–Crippen MR) is 86.2 cm³/mol. The zero-order valence-electron chi connectivity index (χ0n) is 12.4. The number of aliphatic hydroxyl groups is 1. The highest BCUT2D eigenvalue weighted by atomic mass is 32.1. The van der Waals surface area contributed by atoms with Gasteiger partial charge in [-0.25, -0.2) is 0 Å². The van der Waals surface area contributed by atoms with Gasteiger partial charge in [-0.05, 0) is 44.7 Å². The molecule has 20 heavy (non-hydrogen) atoms. The molecule has 0 heterocycles. The third-order valence-corrected chi connectivity index (χ3v) is 3.11. The molecule has 0 saturated heterocycles. The number of hydrogen-bond donors (Lipinski definition) is 2. The topological polar surface area (TPSA) is 58.7 Å². The summed E-state index contributed by atoms with van der Waals surface area (Å²) >= 11 is 4.90. The number of nitrogens with two attached hydrogens (primary N) is 1. The first-order chi connectivity index (χ1) is 9.31. The van der Waals surface area contributed by atoms with E-state index in [1.165, 1.54) is 0 Å². The minimum absolute atomic E-state index is 0.388. The van der Waals surface area contributed by atoms with E-state index in [9.17, 15) is 5.11 Å².